The van der Waals surface area contributed by atoms with Crippen molar-refractivity contribution in [3.05, 3.63) is 46.8 Å². The van der Waals surface area contributed by atoms with E-state index in [1.807, 2.05) is 0 Å². The maximum atomic E-state index is 12.1. The van der Waals surface area contributed by atoms with Gasteiger partial charge >= 0.3 is 5.97 Å². The van der Waals surface area contributed by atoms with Gasteiger partial charge in [0, 0.05) is 5.56 Å². The van der Waals surface area contributed by atoms with Crippen LogP contribution in [0.2, 0.25) is 0 Å². The summed E-state index contributed by atoms with van der Waals surface area (Å²) in [5.74, 6) is -1.27. The molecule has 0 saturated heterocycles. The third-order valence-electron chi connectivity index (χ3n) is 2.62. The first-order valence-electron chi connectivity index (χ1n) is 5.76. The second-order valence-electron chi connectivity index (χ2n) is 4.16. The highest BCUT2D eigenvalue weighted by Crippen LogP contribution is 2.25. The number of carboxylic acid groups (broad SMARTS) is 1. The van der Waals surface area contributed by atoms with Crippen molar-refractivity contribution < 1.29 is 23.1 Å². The molecule has 0 spiro atoms. The molecule has 2 rings (SSSR count). The SMILES string of the molecule is CC(=O)c1ccc(S(=O)(=O)Nc2ccc(C(=O)O)s2)cc1. The number of aromatic carboxylic acids is 1. The van der Waals surface area contributed by atoms with Crippen LogP contribution >= 0.6 is 11.3 Å². The number of thiophene rings is 1. The number of carbonyl (C=O) groups excluding carboxylic acids is 1. The summed E-state index contributed by atoms with van der Waals surface area (Å²) < 4.78 is 26.6. The molecule has 2 N–H and O–H groups in total. The molecule has 8 heteroatoms. The number of anilines is 1. The first-order chi connectivity index (χ1) is 9.79. The Balaban J connectivity index is 2.24. The number of hydrogen-bond donors (Lipinski definition) is 2. The van der Waals surface area contributed by atoms with Crippen LogP contribution < -0.4 is 4.72 Å². The number of Topliss-reactive ketones (excluding diaryl/α,β-unsaturated/α-hetero) is 1. The van der Waals surface area contributed by atoms with Gasteiger partial charge in [0.15, 0.2) is 5.78 Å². The van der Waals surface area contributed by atoms with Gasteiger partial charge in [-0.05, 0) is 31.2 Å². The Labute approximate surface area is 125 Å². The standard InChI is InChI=1S/C13H11NO5S2/c1-8(15)9-2-4-10(5-3-9)21(18,19)14-12-7-6-11(20-12)13(16)17/h2-7,14H,1H3,(H,16,17). The molecule has 1 aromatic heterocycles. The molecule has 0 saturated carbocycles. The Kier molecular flexibility index (Phi) is 4.10. The van der Waals surface area contributed by atoms with Gasteiger partial charge in [-0.15, -0.1) is 11.3 Å². The molecule has 0 aliphatic rings. The van der Waals surface area contributed by atoms with Crippen molar-refractivity contribution in [2.45, 2.75) is 11.8 Å². The molecule has 0 bridgehead atoms. The Morgan fingerprint density at radius 1 is 1.10 bits per heavy atom. The minimum atomic E-state index is -3.81. The quantitative estimate of drug-likeness (QED) is 0.822. The number of hydrogen-bond acceptors (Lipinski definition) is 5. The lowest BCUT2D eigenvalue weighted by molar-refractivity contribution is 0.0702. The van der Waals surface area contributed by atoms with E-state index in [2.05, 4.69) is 4.72 Å². The summed E-state index contributed by atoms with van der Waals surface area (Å²) in [7, 11) is -3.81. The predicted octanol–water partition coefficient (Wildman–Crippen LogP) is 2.45. The normalized spacial score (nSPS) is 11.1. The Bertz CT molecular complexity index is 790. The van der Waals surface area contributed by atoms with Gasteiger partial charge in [0.25, 0.3) is 10.0 Å². The largest absolute Gasteiger partial charge is 0.477 e. The zero-order valence-corrected chi connectivity index (χ0v) is 12.5. The molecule has 0 radical (unpaired) electrons. The minimum absolute atomic E-state index is 0.00206. The van der Waals surface area contributed by atoms with Gasteiger partial charge in [0.2, 0.25) is 0 Å². The monoisotopic (exact) mass is 325 g/mol. The first-order valence-corrected chi connectivity index (χ1v) is 8.06. The summed E-state index contributed by atoms with van der Waals surface area (Å²) in [6.45, 7) is 1.39. The van der Waals surface area contributed by atoms with Crippen LogP contribution in [0.1, 0.15) is 27.0 Å². The summed E-state index contributed by atoms with van der Waals surface area (Å²) in [6.07, 6.45) is 0. The van der Waals surface area contributed by atoms with Crippen molar-refractivity contribution >= 4 is 38.1 Å². The highest BCUT2D eigenvalue weighted by atomic mass is 32.2. The molecule has 1 aromatic carbocycles. The number of benzene rings is 1. The van der Waals surface area contributed by atoms with Crippen LogP contribution in [-0.2, 0) is 10.0 Å². The number of carbonyl (C=O) groups is 2. The van der Waals surface area contributed by atoms with Gasteiger partial charge in [0.1, 0.15) is 9.88 Å². The fourth-order valence-corrected chi connectivity index (χ4v) is 3.61. The van der Waals surface area contributed by atoms with Crippen molar-refractivity contribution in [2.24, 2.45) is 0 Å². The van der Waals surface area contributed by atoms with Crippen LogP contribution in [0.3, 0.4) is 0 Å². The number of rotatable bonds is 5. The van der Waals surface area contributed by atoms with Crippen molar-refractivity contribution in [1.29, 1.82) is 0 Å². The highest BCUT2D eigenvalue weighted by molar-refractivity contribution is 7.93. The van der Waals surface area contributed by atoms with Crippen molar-refractivity contribution in [3.63, 3.8) is 0 Å². The molecule has 2 aromatic rings. The van der Waals surface area contributed by atoms with Gasteiger partial charge in [-0.2, -0.15) is 0 Å². The minimum Gasteiger partial charge on any atom is -0.477 e. The van der Waals surface area contributed by atoms with Crippen molar-refractivity contribution in [3.8, 4) is 0 Å². The molecular weight excluding hydrogens is 314 g/mol. The Hall–Kier alpha value is -2.19. The molecule has 6 nitrogen and oxygen atoms in total. The molecule has 0 amide bonds. The van der Waals surface area contributed by atoms with Gasteiger partial charge < -0.3 is 5.11 Å². The van der Waals surface area contributed by atoms with Crippen LogP contribution in [-0.4, -0.2) is 25.3 Å². The van der Waals surface area contributed by atoms with E-state index in [0.717, 1.165) is 11.3 Å². The molecule has 1 heterocycles. The lowest BCUT2D eigenvalue weighted by Crippen LogP contribution is -2.12. The van der Waals surface area contributed by atoms with Gasteiger partial charge in [-0.1, -0.05) is 12.1 Å². The third-order valence-corrected chi connectivity index (χ3v) is 5.12. The number of carboxylic acids is 1. The summed E-state index contributed by atoms with van der Waals surface area (Å²) in [5.41, 5.74) is 0.415. The van der Waals surface area contributed by atoms with Gasteiger partial charge in [0.05, 0.1) is 4.90 Å². The molecule has 110 valence electrons. The number of nitrogens with one attached hydrogen (secondary N) is 1. The summed E-state index contributed by atoms with van der Waals surface area (Å²) in [5, 5.41) is 9.01. The zero-order chi connectivity index (χ0) is 15.6. The van der Waals surface area contributed by atoms with Crippen molar-refractivity contribution in [1.82, 2.24) is 0 Å². The van der Waals surface area contributed by atoms with Crippen LogP contribution in [0.5, 0.6) is 0 Å². The maximum Gasteiger partial charge on any atom is 0.345 e. The molecule has 0 fully saturated rings. The van der Waals surface area contributed by atoms with E-state index < -0.39 is 16.0 Å². The van der Waals surface area contributed by atoms with E-state index >= 15 is 0 Å². The molecule has 0 unspecified atom stereocenters. The lowest BCUT2D eigenvalue weighted by Gasteiger charge is -2.06. The smallest absolute Gasteiger partial charge is 0.345 e. The lowest BCUT2D eigenvalue weighted by atomic mass is 10.2. The summed E-state index contributed by atoms with van der Waals surface area (Å²) in [4.78, 5) is 21.9. The van der Waals surface area contributed by atoms with E-state index in [9.17, 15) is 18.0 Å². The van der Waals surface area contributed by atoms with E-state index in [1.54, 1.807) is 0 Å². The second kappa shape index (κ2) is 5.66. The first kappa shape index (κ1) is 15.2. The Morgan fingerprint density at radius 2 is 1.71 bits per heavy atom. The maximum absolute atomic E-state index is 12.1. The Morgan fingerprint density at radius 3 is 2.19 bits per heavy atom. The second-order valence-corrected chi connectivity index (χ2v) is 6.92. The predicted molar refractivity (Wildman–Crippen MR) is 78.5 cm³/mol. The molecule has 0 aliphatic heterocycles. The fourth-order valence-electron chi connectivity index (χ4n) is 1.57. The molecular formula is C13H11NO5S2. The van der Waals surface area contributed by atoms with E-state index in [0.29, 0.717) is 5.56 Å². The van der Waals surface area contributed by atoms with Gasteiger partial charge in [-0.25, -0.2) is 13.2 Å². The van der Waals surface area contributed by atoms with Crippen LogP contribution in [0.15, 0.2) is 41.3 Å². The third kappa shape index (κ3) is 3.47. The van der Waals surface area contributed by atoms with E-state index in [-0.39, 0.29) is 20.6 Å². The summed E-state index contributed by atoms with van der Waals surface area (Å²) >= 11 is 0.827. The topological polar surface area (TPSA) is 101 Å². The van der Waals surface area contributed by atoms with Crippen molar-refractivity contribution in [2.75, 3.05) is 4.72 Å². The average Bonchev–Trinajstić information content (AvgIpc) is 2.87. The summed E-state index contributed by atoms with van der Waals surface area (Å²) in [6, 6.07) is 8.21. The van der Waals surface area contributed by atoms with Crippen LogP contribution in [0.4, 0.5) is 5.00 Å². The van der Waals surface area contributed by atoms with Crippen LogP contribution in [0, 0.1) is 0 Å². The van der Waals surface area contributed by atoms with Crippen LogP contribution in [0.25, 0.3) is 0 Å². The zero-order valence-electron chi connectivity index (χ0n) is 10.9. The molecule has 0 atom stereocenters. The van der Waals surface area contributed by atoms with Gasteiger partial charge in [-0.3, -0.25) is 9.52 Å². The molecule has 21 heavy (non-hydrogen) atoms. The number of sulfonamides is 1. The fraction of sp³-hybridized carbons (Fsp3) is 0.0769. The highest BCUT2D eigenvalue weighted by Gasteiger charge is 2.16. The number of ketones is 1. The average molecular weight is 325 g/mol. The van der Waals surface area contributed by atoms with E-state index in [4.69, 9.17) is 5.11 Å². The molecule has 0 aliphatic carbocycles. The van der Waals surface area contributed by atoms with E-state index in [1.165, 1.54) is 43.3 Å².